The number of hydrogen-bond donors (Lipinski definition) is 0. The van der Waals surface area contributed by atoms with Gasteiger partial charge in [-0.3, -0.25) is 4.79 Å². The first-order chi connectivity index (χ1) is 13.7. The summed E-state index contributed by atoms with van der Waals surface area (Å²) in [4.78, 5) is 15.1. The average molecular weight is 385 g/mol. The molecule has 6 heteroatoms. The number of carbonyl (C=O) groups excluding carboxylic acids is 1. The summed E-state index contributed by atoms with van der Waals surface area (Å²) in [5, 5.41) is 0. The molecule has 0 saturated heterocycles. The summed E-state index contributed by atoms with van der Waals surface area (Å²) in [5.41, 5.74) is 1.54. The highest BCUT2D eigenvalue weighted by atomic mass is 16.5. The normalized spacial score (nSPS) is 13.1. The van der Waals surface area contributed by atoms with Crippen molar-refractivity contribution in [2.75, 3.05) is 34.5 Å². The highest BCUT2D eigenvalue weighted by molar-refractivity contribution is 5.95. The molecule has 2 aromatic carbocycles. The summed E-state index contributed by atoms with van der Waals surface area (Å²) in [7, 11) is 4.89. The van der Waals surface area contributed by atoms with Gasteiger partial charge in [0.25, 0.3) is 5.91 Å². The van der Waals surface area contributed by atoms with Gasteiger partial charge in [0.2, 0.25) is 0 Å². The van der Waals surface area contributed by atoms with E-state index in [1.54, 1.807) is 27.4 Å². The summed E-state index contributed by atoms with van der Waals surface area (Å²) in [6.45, 7) is 1.42. The Hall–Kier alpha value is -2.73. The van der Waals surface area contributed by atoms with Crippen LogP contribution in [0.1, 0.15) is 28.8 Å². The lowest BCUT2D eigenvalue weighted by Gasteiger charge is -2.24. The van der Waals surface area contributed by atoms with Crippen LogP contribution in [0.2, 0.25) is 0 Å². The average Bonchev–Trinajstić information content (AvgIpc) is 3.57. The fourth-order valence-electron chi connectivity index (χ4n) is 3.07. The van der Waals surface area contributed by atoms with Gasteiger partial charge in [0.1, 0.15) is 23.9 Å². The van der Waals surface area contributed by atoms with Crippen LogP contribution in [0.3, 0.4) is 0 Å². The molecule has 0 aliphatic heterocycles. The third-order valence-corrected chi connectivity index (χ3v) is 4.71. The first-order valence-electron chi connectivity index (χ1n) is 9.40. The zero-order valence-corrected chi connectivity index (χ0v) is 16.6. The molecule has 1 amide bonds. The van der Waals surface area contributed by atoms with E-state index in [2.05, 4.69) is 0 Å². The molecule has 1 saturated carbocycles. The van der Waals surface area contributed by atoms with Crippen LogP contribution in [-0.4, -0.2) is 51.4 Å². The molecular weight excluding hydrogens is 358 g/mol. The van der Waals surface area contributed by atoms with Crippen LogP contribution in [0, 0.1) is 0 Å². The minimum absolute atomic E-state index is 0.00966. The maximum absolute atomic E-state index is 13.2. The molecule has 1 aliphatic rings. The highest BCUT2D eigenvalue weighted by Gasteiger charge is 2.33. The zero-order valence-electron chi connectivity index (χ0n) is 16.6. The Balaban J connectivity index is 1.79. The first kappa shape index (κ1) is 20.0. The van der Waals surface area contributed by atoms with Crippen molar-refractivity contribution in [2.24, 2.45) is 0 Å². The molecule has 1 fully saturated rings. The number of benzene rings is 2. The largest absolute Gasteiger partial charge is 0.497 e. The van der Waals surface area contributed by atoms with E-state index in [1.807, 2.05) is 41.3 Å². The molecule has 0 spiro atoms. The lowest BCUT2D eigenvalue weighted by atomic mass is 10.1. The van der Waals surface area contributed by atoms with E-state index >= 15 is 0 Å². The standard InChI is InChI=1S/C22H27NO5/c1-25-11-12-28-20-6-4-5-16(13-20)22(24)23(18-7-8-18)15-17-14-19(26-2)9-10-21(17)27-3/h4-6,9-10,13-14,18H,7-8,11-12,15H2,1-3H3. The SMILES string of the molecule is COCCOc1cccc(C(=O)N(Cc2cc(OC)ccc2OC)C2CC2)c1. The summed E-state index contributed by atoms with van der Waals surface area (Å²) < 4.78 is 21.5. The molecule has 28 heavy (non-hydrogen) atoms. The van der Waals surface area contributed by atoms with Gasteiger partial charge in [-0.15, -0.1) is 0 Å². The number of methoxy groups -OCH3 is 3. The second-order valence-electron chi connectivity index (χ2n) is 6.71. The van der Waals surface area contributed by atoms with E-state index in [-0.39, 0.29) is 11.9 Å². The lowest BCUT2D eigenvalue weighted by molar-refractivity contribution is 0.0728. The number of ether oxygens (including phenoxy) is 4. The monoisotopic (exact) mass is 385 g/mol. The van der Waals surface area contributed by atoms with E-state index in [0.717, 1.165) is 29.9 Å². The molecule has 6 nitrogen and oxygen atoms in total. The van der Waals surface area contributed by atoms with Crippen LogP contribution in [-0.2, 0) is 11.3 Å². The second kappa shape index (κ2) is 9.46. The second-order valence-corrected chi connectivity index (χ2v) is 6.71. The van der Waals surface area contributed by atoms with Crippen molar-refractivity contribution in [1.29, 1.82) is 0 Å². The predicted molar refractivity (Wildman–Crippen MR) is 106 cm³/mol. The van der Waals surface area contributed by atoms with Crippen molar-refractivity contribution >= 4 is 5.91 Å². The predicted octanol–water partition coefficient (Wildman–Crippen LogP) is 3.53. The molecule has 0 heterocycles. The molecule has 150 valence electrons. The fourth-order valence-corrected chi connectivity index (χ4v) is 3.07. The number of amides is 1. The van der Waals surface area contributed by atoms with Gasteiger partial charge in [-0.1, -0.05) is 6.07 Å². The van der Waals surface area contributed by atoms with Gasteiger partial charge >= 0.3 is 0 Å². The molecule has 0 radical (unpaired) electrons. The molecule has 0 N–H and O–H groups in total. The minimum atomic E-state index is -0.00966. The molecule has 0 bridgehead atoms. The van der Waals surface area contributed by atoms with Gasteiger partial charge < -0.3 is 23.8 Å². The van der Waals surface area contributed by atoms with Gasteiger partial charge in [-0.25, -0.2) is 0 Å². The topological polar surface area (TPSA) is 57.2 Å². The van der Waals surface area contributed by atoms with Gasteiger partial charge in [0.05, 0.1) is 27.4 Å². The van der Waals surface area contributed by atoms with Crippen LogP contribution in [0.5, 0.6) is 17.2 Å². The maximum atomic E-state index is 13.2. The van der Waals surface area contributed by atoms with Crippen LogP contribution in [0.15, 0.2) is 42.5 Å². The molecule has 0 atom stereocenters. The molecule has 0 aromatic heterocycles. The third-order valence-electron chi connectivity index (χ3n) is 4.71. The van der Waals surface area contributed by atoms with Gasteiger partial charge in [0, 0.05) is 24.3 Å². The van der Waals surface area contributed by atoms with Crippen molar-refractivity contribution in [1.82, 2.24) is 4.90 Å². The Morgan fingerprint density at radius 2 is 1.82 bits per heavy atom. The fraction of sp³-hybridized carbons (Fsp3) is 0.409. The van der Waals surface area contributed by atoms with E-state index in [9.17, 15) is 4.79 Å². The maximum Gasteiger partial charge on any atom is 0.254 e. The Morgan fingerprint density at radius 1 is 1.00 bits per heavy atom. The third kappa shape index (κ3) is 4.95. The quantitative estimate of drug-likeness (QED) is 0.586. The van der Waals surface area contributed by atoms with Crippen LogP contribution in [0.25, 0.3) is 0 Å². The Morgan fingerprint density at radius 3 is 2.50 bits per heavy atom. The first-order valence-corrected chi connectivity index (χ1v) is 9.40. The number of rotatable bonds is 10. The lowest BCUT2D eigenvalue weighted by Crippen LogP contribution is -2.32. The minimum Gasteiger partial charge on any atom is -0.497 e. The van der Waals surface area contributed by atoms with Crippen molar-refractivity contribution in [3.63, 3.8) is 0 Å². The van der Waals surface area contributed by atoms with E-state index in [1.165, 1.54) is 0 Å². The van der Waals surface area contributed by atoms with Gasteiger partial charge in [-0.2, -0.15) is 0 Å². The van der Waals surface area contributed by atoms with Gasteiger partial charge in [0.15, 0.2) is 0 Å². The summed E-state index contributed by atoms with van der Waals surface area (Å²) in [5.74, 6) is 2.14. The van der Waals surface area contributed by atoms with Crippen molar-refractivity contribution < 1.29 is 23.7 Å². The van der Waals surface area contributed by atoms with E-state index in [0.29, 0.717) is 31.1 Å². The zero-order chi connectivity index (χ0) is 19.9. The van der Waals surface area contributed by atoms with Crippen molar-refractivity contribution in [3.8, 4) is 17.2 Å². The molecule has 3 rings (SSSR count). The summed E-state index contributed by atoms with van der Waals surface area (Å²) >= 11 is 0. The highest BCUT2D eigenvalue weighted by Crippen LogP contribution is 2.33. The number of hydrogen-bond acceptors (Lipinski definition) is 5. The van der Waals surface area contributed by atoms with Crippen LogP contribution in [0.4, 0.5) is 0 Å². The van der Waals surface area contributed by atoms with E-state index in [4.69, 9.17) is 18.9 Å². The molecule has 0 unspecified atom stereocenters. The van der Waals surface area contributed by atoms with Crippen molar-refractivity contribution in [3.05, 3.63) is 53.6 Å². The number of nitrogens with zero attached hydrogens (tertiary/aromatic N) is 1. The Kier molecular flexibility index (Phi) is 6.76. The van der Waals surface area contributed by atoms with Crippen LogP contribution >= 0.6 is 0 Å². The Bertz CT molecular complexity index is 803. The Labute approximate surface area is 166 Å². The molecular formula is C22H27NO5. The van der Waals surface area contributed by atoms with Crippen molar-refractivity contribution in [2.45, 2.75) is 25.4 Å². The smallest absolute Gasteiger partial charge is 0.254 e. The van der Waals surface area contributed by atoms with Crippen LogP contribution < -0.4 is 14.2 Å². The van der Waals surface area contributed by atoms with E-state index < -0.39 is 0 Å². The van der Waals surface area contributed by atoms with Gasteiger partial charge in [-0.05, 0) is 49.2 Å². The molecule has 1 aliphatic carbocycles. The number of carbonyl (C=O) groups is 1. The molecule has 2 aromatic rings. The summed E-state index contributed by atoms with van der Waals surface area (Å²) in [6.07, 6.45) is 2.03. The summed E-state index contributed by atoms with van der Waals surface area (Å²) in [6, 6.07) is 13.2.